The molecule has 5 aliphatic rings. The van der Waals surface area contributed by atoms with Crippen molar-refractivity contribution in [1.82, 2.24) is 30.4 Å². The molecular formula is C63H84ClN9O20. The van der Waals surface area contributed by atoms with E-state index in [0.717, 1.165) is 35.3 Å². The second-order valence-electron chi connectivity index (χ2n) is 23.8. The number of nitrogens with one attached hydrogen (secondary N) is 3. The van der Waals surface area contributed by atoms with Crippen LogP contribution in [0, 0.1) is 5.92 Å². The van der Waals surface area contributed by atoms with Crippen LogP contribution < -0.4 is 36.1 Å². The van der Waals surface area contributed by atoms with Crippen LogP contribution in [-0.4, -0.2) is 207 Å². The van der Waals surface area contributed by atoms with Gasteiger partial charge in [0.05, 0.1) is 43.5 Å². The molecular weight excluding hydrogens is 1240 g/mol. The number of nitrogens with zero attached hydrogens (tertiary/aromatic N) is 5. The molecule has 29 nitrogen and oxygen atoms in total. The van der Waals surface area contributed by atoms with Gasteiger partial charge in [-0.25, -0.2) is 28.8 Å². The molecule has 2 aromatic rings. The number of hydroxylamine groups is 2. The van der Waals surface area contributed by atoms with Gasteiger partial charge in [0.25, 0.3) is 11.8 Å². The fourth-order valence-corrected chi connectivity index (χ4v) is 11.3. The number of esters is 1. The SMILES string of the molecule is COc1cc2cc(c1Cl)N(C)C(=O)C[C@H](OC(=O)[C@H](C)N(C)C(=O)CCOC(=O)N(C)CCN(C)C(=O)OCc1ccc(OC(=O)N[C@H]3CCCC/C=C/[C@@H]3N)c(NCC(=O)ON3C(=O)CCC3=O)c1)[C@]1(C)O[C@H]1[C@H](C)[C@@H]1C[C@@](O)(NC(=O)O1)[C@H](OC)/C=C/C=C(\C)C2. The Labute approximate surface area is 543 Å². The number of epoxide rings is 1. The maximum absolute atomic E-state index is 14.4. The first kappa shape index (κ1) is 71.9. The minimum atomic E-state index is -1.92. The van der Waals surface area contributed by atoms with Crippen LogP contribution in [0.2, 0.25) is 5.02 Å². The first-order valence-corrected chi connectivity index (χ1v) is 30.9. The number of halogens is 1. The topological polar surface area (TPSA) is 356 Å². The number of ether oxygens (including phenoxy) is 8. The highest BCUT2D eigenvalue weighted by molar-refractivity contribution is 6.35. The number of nitrogens with two attached hydrogens (primary N) is 1. The monoisotopic (exact) mass is 1320 g/mol. The van der Waals surface area contributed by atoms with Crippen LogP contribution in [0.25, 0.3) is 0 Å². The van der Waals surface area contributed by atoms with Crippen LogP contribution in [0.1, 0.15) is 96.6 Å². The van der Waals surface area contributed by atoms with Crippen molar-refractivity contribution in [2.45, 2.75) is 152 Å². The Hall–Kier alpha value is -8.51. The van der Waals surface area contributed by atoms with Crippen molar-refractivity contribution in [1.29, 1.82) is 0 Å². The molecule has 508 valence electrons. The molecule has 2 aromatic carbocycles. The lowest BCUT2D eigenvalue weighted by Crippen LogP contribution is -2.63. The van der Waals surface area contributed by atoms with Crippen molar-refractivity contribution in [3.63, 3.8) is 0 Å². The Morgan fingerprint density at radius 3 is 2.33 bits per heavy atom. The zero-order valence-electron chi connectivity index (χ0n) is 53.9. The number of allylic oxidation sites excluding steroid dienone is 4. The third-order valence-corrected chi connectivity index (χ3v) is 17.3. The molecule has 4 heterocycles. The Kier molecular flexibility index (Phi) is 24.7. The van der Waals surface area contributed by atoms with Gasteiger partial charge in [-0.3, -0.25) is 24.5 Å². The maximum Gasteiger partial charge on any atom is 0.412 e. The molecule has 93 heavy (non-hydrogen) atoms. The fourth-order valence-electron chi connectivity index (χ4n) is 11.0. The summed E-state index contributed by atoms with van der Waals surface area (Å²) in [5, 5.41) is 20.5. The average molecular weight is 1320 g/mol. The van der Waals surface area contributed by atoms with Crippen LogP contribution in [-0.2, 0) is 75.1 Å². The molecule has 8 amide bonds. The lowest BCUT2D eigenvalue weighted by atomic mass is 9.83. The molecule has 7 rings (SSSR count). The van der Waals surface area contributed by atoms with Crippen LogP contribution in [0.4, 0.5) is 30.6 Å². The van der Waals surface area contributed by atoms with E-state index in [0.29, 0.717) is 34.9 Å². The lowest BCUT2D eigenvalue weighted by molar-refractivity contribution is -0.196. The van der Waals surface area contributed by atoms with Crippen LogP contribution in [0.5, 0.6) is 11.5 Å². The molecule has 6 N–H and O–H groups in total. The predicted octanol–water partition coefficient (Wildman–Crippen LogP) is 5.18. The lowest BCUT2D eigenvalue weighted by Gasteiger charge is -2.42. The van der Waals surface area contributed by atoms with Gasteiger partial charge in [0.1, 0.15) is 60.5 Å². The van der Waals surface area contributed by atoms with E-state index in [1.165, 1.54) is 82.2 Å². The largest absolute Gasteiger partial charge is 0.495 e. The third kappa shape index (κ3) is 18.6. The molecule has 10 atom stereocenters. The number of benzene rings is 2. The number of anilines is 2. The van der Waals surface area contributed by atoms with Crippen molar-refractivity contribution in [2.24, 2.45) is 11.7 Å². The third-order valence-electron chi connectivity index (χ3n) is 17.0. The van der Waals surface area contributed by atoms with Crippen molar-refractivity contribution in [2.75, 3.05) is 78.9 Å². The number of fused-ring (bicyclic) bond motifs is 5. The Balaban J connectivity index is 0.927. The fraction of sp³-hybridized carbons (Fsp3) is 0.556. The maximum atomic E-state index is 14.4. The van der Waals surface area contributed by atoms with E-state index >= 15 is 0 Å². The summed E-state index contributed by atoms with van der Waals surface area (Å²) < 4.78 is 45.9. The Morgan fingerprint density at radius 1 is 0.946 bits per heavy atom. The van der Waals surface area contributed by atoms with E-state index in [9.17, 15) is 53.1 Å². The van der Waals surface area contributed by atoms with Gasteiger partial charge in [0.2, 0.25) is 11.8 Å². The molecule has 0 radical (unpaired) electrons. The van der Waals surface area contributed by atoms with Gasteiger partial charge in [-0.05, 0) is 81.8 Å². The summed E-state index contributed by atoms with van der Waals surface area (Å²) in [7, 11) is 8.56. The zero-order valence-corrected chi connectivity index (χ0v) is 54.7. The molecule has 0 aromatic heterocycles. The summed E-state index contributed by atoms with van der Waals surface area (Å²) in [6.45, 7) is 5.33. The summed E-state index contributed by atoms with van der Waals surface area (Å²) in [5.41, 5.74) is 5.39. The molecule has 0 saturated carbocycles. The number of carbonyl (C=O) groups excluding carboxylic acids is 10. The highest BCUT2D eigenvalue weighted by Crippen LogP contribution is 2.49. The van der Waals surface area contributed by atoms with Gasteiger partial charge in [0.15, 0.2) is 11.5 Å². The molecule has 4 bridgehead atoms. The highest BCUT2D eigenvalue weighted by atomic mass is 35.5. The number of hydrogen-bond acceptors (Lipinski definition) is 22. The van der Waals surface area contributed by atoms with Crippen molar-refractivity contribution in [3.05, 3.63) is 82.4 Å². The van der Waals surface area contributed by atoms with Gasteiger partial charge in [-0.15, -0.1) is 5.06 Å². The second-order valence-corrected chi connectivity index (χ2v) is 24.2. The van der Waals surface area contributed by atoms with Gasteiger partial charge < -0.3 is 83.8 Å². The van der Waals surface area contributed by atoms with Crippen molar-refractivity contribution in [3.8, 4) is 11.5 Å². The number of carbonyl (C=O) groups is 10. The zero-order chi connectivity index (χ0) is 68.1. The Bertz CT molecular complexity index is 3220. The number of imide groups is 1. The quantitative estimate of drug-likeness (QED) is 0.0398. The smallest absolute Gasteiger partial charge is 0.412 e. The molecule has 1 aliphatic carbocycles. The van der Waals surface area contributed by atoms with Crippen LogP contribution >= 0.6 is 11.6 Å². The van der Waals surface area contributed by atoms with Crippen molar-refractivity contribution < 1.29 is 95.8 Å². The van der Waals surface area contributed by atoms with Crippen molar-refractivity contribution >= 4 is 82.9 Å². The summed E-state index contributed by atoms with van der Waals surface area (Å²) in [5.74, 6) is -4.76. The van der Waals surface area contributed by atoms with E-state index in [2.05, 4.69) is 16.0 Å². The summed E-state index contributed by atoms with van der Waals surface area (Å²) >= 11 is 6.83. The number of alkyl carbamates (subject to hydrolysis) is 1. The van der Waals surface area contributed by atoms with Crippen LogP contribution in [0.3, 0.4) is 0 Å². The first-order chi connectivity index (χ1) is 44.0. The first-order valence-electron chi connectivity index (χ1n) is 30.5. The number of amides is 8. The molecule has 0 spiro atoms. The van der Waals surface area contributed by atoms with Crippen LogP contribution in [0.15, 0.2) is 66.3 Å². The minimum absolute atomic E-state index is 0.0290. The number of aliphatic hydroxyl groups is 1. The summed E-state index contributed by atoms with van der Waals surface area (Å²) in [4.78, 5) is 141. The number of hydrogen-bond donors (Lipinski definition) is 5. The van der Waals surface area contributed by atoms with E-state index in [-0.39, 0.29) is 61.8 Å². The standard InChI is InChI=1S/C63H84ClN9O20/c1-36-16-15-19-48(86-10)63(84)33-47(90-59(81)68-63)37(2)56-62(4,92-56)49(32-53(77)72(8)44-30-40(28-36)31-46(85-9)55(44)64)91-57(79)38(3)71(7)50(74)24-27-87-60(82)69(5)25-26-70(6)61(83)88-35-39-20-21-45(89-58(80)67-42-18-14-12-11-13-17-41(42)65)43(29-39)66-34-54(78)93-73-51(75)22-23-52(73)76/h13,15-17,19-21,29-31,37-38,41-42,47-49,56,66,84H,11-12,14,18,22-28,32-35,65H2,1-10H3,(H,67,80)(H,68,81)/b17-13+,19-15+,36-16+/t37-,38+,41+,42+,47+,48-,49+,56+,62+,63+/m1/s1. The normalized spacial score (nSPS) is 26.3. The number of methoxy groups -OCH3 is 2. The average Bonchev–Trinajstić information content (AvgIpc) is 1.57. The molecule has 3 fully saturated rings. The van der Waals surface area contributed by atoms with E-state index < -0.39 is 139 Å². The second kappa shape index (κ2) is 31.9. The summed E-state index contributed by atoms with van der Waals surface area (Å²) in [6.07, 6.45) is 3.99. The minimum Gasteiger partial charge on any atom is -0.495 e. The molecule has 30 heteroatoms. The number of likely N-dealkylation sites (N-methyl/N-ethyl adjacent to an activating group) is 3. The van der Waals surface area contributed by atoms with E-state index in [1.807, 2.05) is 25.2 Å². The highest BCUT2D eigenvalue weighted by Gasteiger charge is 2.64. The van der Waals surface area contributed by atoms with Gasteiger partial charge in [-0.2, -0.15) is 0 Å². The van der Waals surface area contributed by atoms with Gasteiger partial charge in [-0.1, -0.05) is 67.0 Å². The predicted molar refractivity (Wildman–Crippen MR) is 333 cm³/mol. The summed E-state index contributed by atoms with van der Waals surface area (Å²) in [6, 6.07) is 5.73. The Morgan fingerprint density at radius 2 is 1.65 bits per heavy atom. The van der Waals surface area contributed by atoms with E-state index in [1.54, 1.807) is 38.1 Å². The number of rotatable bonds is 19. The van der Waals surface area contributed by atoms with Gasteiger partial charge >= 0.3 is 36.3 Å². The van der Waals surface area contributed by atoms with Gasteiger partial charge in [0, 0.05) is 79.6 Å². The molecule has 0 unspecified atom stereocenters. The molecule has 3 saturated heterocycles. The van der Waals surface area contributed by atoms with E-state index in [4.69, 9.17) is 60.1 Å². The molecule has 4 aliphatic heterocycles.